The first kappa shape index (κ1) is 81.8. The topological polar surface area (TPSA) is 71.6 Å². The number of methoxy groups -OCH3 is 1. The Bertz CT molecular complexity index is 6080. The maximum atomic E-state index is 6.23. The third-order valence-corrected chi connectivity index (χ3v) is 22.9. The minimum absolute atomic E-state index is 0.582. The van der Waals surface area contributed by atoms with Crippen molar-refractivity contribution in [2.45, 2.75) is 135 Å². The summed E-state index contributed by atoms with van der Waals surface area (Å²) in [6.07, 6.45) is 4.76. The van der Waals surface area contributed by atoms with E-state index in [1.54, 1.807) is 7.11 Å². The predicted molar refractivity (Wildman–Crippen MR) is 507 cm³/mol. The minimum Gasteiger partial charge on any atom is -0.497 e. The van der Waals surface area contributed by atoms with Crippen molar-refractivity contribution < 1.29 is 28.4 Å². The zero-order valence-corrected chi connectivity index (χ0v) is 73.0. The molecule has 0 fully saturated rings. The molecule has 122 heavy (non-hydrogen) atoms. The highest BCUT2D eigenvalue weighted by Gasteiger charge is 2.32. The molecule has 0 aliphatic carbocycles. The van der Waals surface area contributed by atoms with Crippen molar-refractivity contribution in [3.05, 3.63) is 381 Å². The van der Waals surface area contributed by atoms with E-state index in [4.69, 9.17) is 28.4 Å². The Morgan fingerprint density at radius 3 is 0.721 bits per heavy atom. The van der Waals surface area contributed by atoms with Gasteiger partial charge < -0.3 is 52.9 Å². The lowest BCUT2D eigenvalue weighted by Crippen LogP contribution is -2.16. The molecule has 0 bridgehead atoms. The van der Waals surface area contributed by atoms with Gasteiger partial charge in [-0.05, 0) is 375 Å². The van der Waals surface area contributed by atoms with Crippen molar-refractivity contribution in [3.63, 3.8) is 0 Å². The van der Waals surface area contributed by atoms with Crippen LogP contribution in [-0.2, 0) is 6.42 Å². The van der Waals surface area contributed by atoms with Crippen LogP contribution >= 0.6 is 0 Å². The van der Waals surface area contributed by atoms with Gasteiger partial charge in [-0.25, -0.2) is 0 Å². The molecule has 0 aromatic heterocycles. The van der Waals surface area contributed by atoms with Crippen molar-refractivity contribution in [2.24, 2.45) is 0 Å². The maximum Gasteiger partial charge on any atom is 0.151 e. The number of unbranched alkanes of at least 4 members (excludes halogenated alkanes) is 1. The van der Waals surface area contributed by atoms with E-state index in [1.165, 1.54) is 96.4 Å². The number of fused-ring (bicyclic) bond motifs is 10. The van der Waals surface area contributed by atoms with Gasteiger partial charge in [-0.15, -0.1) is 0 Å². The molecular weight excluding hydrogens is 1500 g/mol. The Balaban J connectivity index is 0.000000113. The van der Waals surface area contributed by atoms with Gasteiger partial charge >= 0.3 is 0 Å². The SMILES string of the molecule is CCC(C)c1ccc(N2c3ccc(C)cc3Oc3cc(C)ccc32)cc1.CCCCc1ccc(N2c3ccc(C)cc3Oc3cc(C)ccc32)cc1.COc1ccc(N2c3ccc(C)cc3Oc3cc(C)ccc32)cc1.Cc1ccc(N2c3ccc(C)cc3Oc3cc(C)ccc32)cc1.Cc1cccc(N2c3ccc(C)cc3Oc3cc(C)ccc32)c1. The number of aryl methyl sites for hydroxylation is 13. The number of rotatable bonds is 11. The second-order valence-corrected chi connectivity index (χ2v) is 32.9. The fraction of sp³-hybridized carbons (Fsp3) is 0.189. The van der Waals surface area contributed by atoms with Crippen LogP contribution in [0.15, 0.2) is 303 Å². The molecule has 11 nitrogen and oxygen atoms in total. The van der Waals surface area contributed by atoms with Gasteiger partial charge in [0.1, 0.15) is 5.75 Å². The first-order valence-electron chi connectivity index (χ1n) is 42.5. The molecule has 0 spiro atoms. The average molecular weight is 1610 g/mol. The van der Waals surface area contributed by atoms with Gasteiger partial charge in [0.15, 0.2) is 57.5 Å². The summed E-state index contributed by atoms with van der Waals surface area (Å²) in [5.74, 6) is 10.5. The predicted octanol–water partition coefficient (Wildman–Crippen LogP) is 32.9. The summed E-state index contributed by atoms with van der Waals surface area (Å²) in [4.78, 5) is 11.4. The van der Waals surface area contributed by atoms with E-state index in [2.05, 4.69) is 420 Å². The standard InChI is InChI=1S/2C24H25NO.C21H19NO2.2C21H19NO/c1-5-18(4)19-8-10-20(11-9-19)25-21-12-6-16(2)14-23(21)26-24-15-17(3)7-13-22(24)25;1-4-5-6-19-9-11-20(12-10-19)25-21-13-7-17(2)15-23(21)26-24-16-18(3)8-14-22(24)25;1-14-4-10-18-20(12-14)24-21-13-15(2)5-11-19(21)22(18)16-6-8-17(23-3)9-7-16;1-14-4-8-17(9-5-14)22-18-10-6-15(2)12-20(18)23-21-13-16(3)7-11-19(21)22;1-14-5-4-6-17(11-14)22-18-9-7-15(2)12-20(18)23-21-13-16(3)8-10-19(21)22/h6-15,18H,5H2,1-4H3;7-16H,4-6H2,1-3H3;4-13H,1-3H3;2*4-13H,1-3H3. The fourth-order valence-corrected chi connectivity index (χ4v) is 16.1. The van der Waals surface area contributed by atoms with E-state index < -0.39 is 0 Å². The lowest BCUT2D eigenvalue weighted by molar-refractivity contribution is 0.415. The second kappa shape index (κ2) is 35.6. The van der Waals surface area contributed by atoms with Crippen LogP contribution in [0.4, 0.5) is 85.3 Å². The molecule has 612 valence electrons. The largest absolute Gasteiger partial charge is 0.497 e. The summed E-state index contributed by atoms with van der Waals surface area (Å²) < 4.78 is 36.3. The van der Waals surface area contributed by atoms with Gasteiger partial charge in [0.2, 0.25) is 0 Å². The van der Waals surface area contributed by atoms with Crippen LogP contribution in [0.25, 0.3) is 0 Å². The smallest absolute Gasteiger partial charge is 0.151 e. The summed E-state index contributed by atoms with van der Waals surface area (Å²) in [7, 11) is 1.68. The highest BCUT2D eigenvalue weighted by atomic mass is 16.5. The number of hydrogen-bond acceptors (Lipinski definition) is 11. The Kier molecular flexibility index (Phi) is 23.9. The summed E-state index contributed by atoms with van der Waals surface area (Å²) in [5.41, 5.74) is 33.7. The monoisotopic (exact) mass is 1610 g/mol. The highest BCUT2D eigenvalue weighted by Crippen LogP contribution is 2.57. The lowest BCUT2D eigenvalue weighted by atomic mass is 9.98. The lowest BCUT2D eigenvalue weighted by Gasteiger charge is -2.33. The first-order valence-corrected chi connectivity index (χ1v) is 42.5. The molecule has 1 unspecified atom stereocenters. The molecule has 15 aromatic carbocycles. The second-order valence-electron chi connectivity index (χ2n) is 32.9. The summed E-state index contributed by atoms with van der Waals surface area (Å²) in [6.45, 7) is 31.9. The molecule has 0 N–H and O–H groups in total. The third kappa shape index (κ3) is 17.6. The van der Waals surface area contributed by atoms with E-state index in [1.807, 2.05) is 12.1 Å². The van der Waals surface area contributed by atoms with Crippen LogP contribution < -0.4 is 52.9 Å². The van der Waals surface area contributed by atoms with Gasteiger partial charge in [-0.1, -0.05) is 142 Å². The van der Waals surface area contributed by atoms with Gasteiger partial charge in [-0.3, -0.25) is 0 Å². The third-order valence-electron chi connectivity index (χ3n) is 22.9. The van der Waals surface area contributed by atoms with Crippen molar-refractivity contribution in [2.75, 3.05) is 31.6 Å². The van der Waals surface area contributed by atoms with Crippen LogP contribution in [0.1, 0.15) is 124 Å². The van der Waals surface area contributed by atoms with Crippen LogP contribution in [-0.4, -0.2) is 7.11 Å². The molecule has 1 atom stereocenters. The van der Waals surface area contributed by atoms with E-state index in [0.29, 0.717) is 5.92 Å². The van der Waals surface area contributed by atoms with Gasteiger partial charge in [-0.2, -0.15) is 0 Å². The van der Waals surface area contributed by atoms with E-state index in [-0.39, 0.29) is 0 Å². The van der Waals surface area contributed by atoms with Crippen molar-refractivity contribution in [1.29, 1.82) is 0 Å². The number of ether oxygens (including phenoxy) is 6. The van der Waals surface area contributed by atoms with E-state index in [9.17, 15) is 0 Å². The number of hydrogen-bond donors (Lipinski definition) is 0. The van der Waals surface area contributed by atoms with Crippen molar-refractivity contribution in [3.8, 4) is 63.2 Å². The summed E-state index contributed by atoms with van der Waals surface area (Å²) in [6, 6.07) is 107. The molecule has 0 amide bonds. The summed E-state index contributed by atoms with van der Waals surface area (Å²) >= 11 is 0. The Morgan fingerprint density at radius 1 is 0.246 bits per heavy atom. The molecule has 15 aromatic rings. The molecule has 0 radical (unpaired) electrons. The normalized spacial score (nSPS) is 12.6. The maximum absolute atomic E-state index is 6.23. The highest BCUT2D eigenvalue weighted by molar-refractivity contribution is 5.92. The van der Waals surface area contributed by atoms with Gasteiger partial charge in [0.05, 0.1) is 64.0 Å². The van der Waals surface area contributed by atoms with Crippen LogP contribution in [0.5, 0.6) is 63.2 Å². The van der Waals surface area contributed by atoms with Crippen LogP contribution in [0.2, 0.25) is 0 Å². The minimum atomic E-state index is 0.582. The molecule has 0 saturated heterocycles. The average Bonchev–Trinajstić information content (AvgIpc) is 0.777. The van der Waals surface area contributed by atoms with Gasteiger partial charge in [0.25, 0.3) is 0 Å². The Labute approximate surface area is 720 Å². The zero-order valence-electron chi connectivity index (χ0n) is 73.0. The molecule has 5 heterocycles. The first-order chi connectivity index (χ1) is 59.1. The summed E-state index contributed by atoms with van der Waals surface area (Å²) in [5, 5.41) is 0. The number of benzene rings is 15. The molecule has 5 aliphatic heterocycles. The Morgan fingerprint density at radius 2 is 0.475 bits per heavy atom. The van der Waals surface area contributed by atoms with Crippen LogP contribution in [0.3, 0.4) is 0 Å². The number of nitrogens with zero attached hydrogens (tertiary/aromatic N) is 5. The molecule has 5 aliphatic rings. The van der Waals surface area contributed by atoms with Crippen molar-refractivity contribution >= 4 is 85.3 Å². The van der Waals surface area contributed by atoms with E-state index >= 15 is 0 Å². The molecule has 20 rings (SSSR count). The fourth-order valence-electron chi connectivity index (χ4n) is 16.1. The quantitative estimate of drug-likeness (QED) is 0.124. The van der Waals surface area contributed by atoms with Gasteiger partial charge in [0, 0.05) is 28.4 Å². The zero-order chi connectivity index (χ0) is 85.0. The van der Waals surface area contributed by atoms with E-state index in [0.717, 1.165) is 156 Å². The Hall–Kier alpha value is -13.9. The van der Waals surface area contributed by atoms with Crippen molar-refractivity contribution in [1.82, 2.24) is 0 Å². The number of anilines is 15. The van der Waals surface area contributed by atoms with Crippen LogP contribution in [0, 0.1) is 83.1 Å². The molecular formula is C111H107N5O6. The molecule has 0 saturated carbocycles. The molecule has 11 heteroatoms.